The van der Waals surface area contributed by atoms with Gasteiger partial charge in [0.1, 0.15) is 11.6 Å². The Labute approximate surface area is 111 Å². The number of carbonyl (C=O) groups excluding carboxylic acids is 1. The molecule has 7 heteroatoms. The van der Waals surface area contributed by atoms with Gasteiger partial charge in [0.25, 0.3) is 5.91 Å². The first-order valence-corrected chi connectivity index (χ1v) is 5.39. The molecule has 0 atom stereocenters. The summed E-state index contributed by atoms with van der Waals surface area (Å²) in [6.07, 6.45) is 0. The van der Waals surface area contributed by atoms with Crippen LogP contribution in [0, 0.1) is 23.3 Å². The average molecular weight is 284 g/mol. The fraction of sp³-hybridized carbons (Fsp3) is 0. The van der Waals surface area contributed by atoms with Crippen molar-refractivity contribution in [3.8, 4) is 0 Å². The van der Waals surface area contributed by atoms with E-state index >= 15 is 0 Å². The highest BCUT2D eigenvalue weighted by molar-refractivity contribution is 6.05. The van der Waals surface area contributed by atoms with Crippen molar-refractivity contribution in [2.45, 2.75) is 0 Å². The number of nitrogens with two attached hydrogens (primary N) is 1. The Morgan fingerprint density at radius 1 is 0.900 bits per heavy atom. The number of hydrogen-bond acceptors (Lipinski definition) is 2. The van der Waals surface area contributed by atoms with Gasteiger partial charge in [0.15, 0.2) is 11.6 Å². The van der Waals surface area contributed by atoms with E-state index in [-0.39, 0.29) is 5.69 Å². The van der Waals surface area contributed by atoms with Crippen LogP contribution in [0.25, 0.3) is 0 Å². The summed E-state index contributed by atoms with van der Waals surface area (Å²) in [7, 11) is 0. The molecule has 3 nitrogen and oxygen atoms in total. The number of nitrogens with one attached hydrogen (secondary N) is 1. The molecule has 0 saturated heterocycles. The van der Waals surface area contributed by atoms with E-state index in [1.807, 2.05) is 0 Å². The van der Waals surface area contributed by atoms with Crippen molar-refractivity contribution in [2.24, 2.45) is 0 Å². The summed E-state index contributed by atoms with van der Waals surface area (Å²) in [6.45, 7) is 0. The minimum Gasteiger partial charge on any atom is -0.396 e. The van der Waals surface area contributed by atoms with E-state index < -0.39 is 40.4 Å². The Kier molecular flexibility index (Phi) is 3.60. The molecule has 104 valence electrons. The van der Waals surface area contributed by atoms with Crippen LogP contribution in [-0.4, -0.2) is 5.91 Å². The van der Waals surface area contributed by atoms with Crippen LogP contribution in [0.4, 0.5) is 28.9 Å². The summed E-state index contributed by atoms with van der Waals surface area (Å²) in [6, 6.07) is 3.93. The monoisotopic (exact) mass is 284 g/mol. The van der Waals surface area contributed by atoms with Crippen LogP contribution in [0.1, 0.15) is 10.4 Å². The molecule has 0 saturated carbocycles. The Morgan fingerprint density at radius 3 is 2.25 bits per heavy atom. The molecule has 1 amide bonds. The molecule has 2 rings (SSSR count). The largest absolute Gasteiger partial charge is 0.396 e. The first-order chi connectivity index (χ1) is 9.38. The first-order valence-electron chi connectivity index (χ1n) is 5.39. The zero-order valence-electron chi connectivity index (χ0n) is 9.88. The Balaban J connectivity index is 2.28. The molecular formula is C13H8F4N2O. The van der Waals surface area contributed by atoms with Crippen LogP contribution in [0.5, 0.6) is 0 Å². The van der Waals surface area contributed by atoms with E-state index in [0.29, 0.717) is 6.07 Å². The maximum atomic E-state index is 13.4. The van der Waals surface area contributed by atoms with Crippen molar-refractivity contribution in [3.05, 3.63) is 59.2 Å². The summed E-state index contributed by atoms with van der Waals surface area (Å²) in [5.41, 5.74) is 4.25. The average Bonchev–Trinajstić information content (AvgIpc) is 2.38. The van der Waals surface area contributed by atoms with E-state index in [9.17, 15) is 22.4 Å². The minimum atomic E-state index is -1.16. The third-order valence-electron chi connectivity index (χ3n) is 2.51. The van der Waals surface area contributed by atoms with E-state index in [1.165, 1.54) is 0 Å². The maximum Gasteiger partial charge on any atom is 0.258 e. The lowest BCUT2D eigenvalue weighted by Crippen LogP contribution is -2.15. The van der Waals surface area contributed by atoms with E-state index in [4.69, 9.17) is 5.73 Å². The van der Waals surface area contributed by atoms with Crippen molar-refractivity contribution in [1.29, 1.82) is 0 Å². The standard InChI is InChI=1S/C13H8F4N2O/c14-8-2-1-6(3-10(8)16)19-13(20)7-4-12(18)11(17)5-9(7)15/h1-5H,18H2,(H,19,20). The fourth-order valence-corrected chi connectivity index (χ4v) is 1.51. The second-order valence-electron chi connectivity index (χ2n) is 3.94. The molecule has 0 heterocycles. The van der Waals surface area contributed by atoms with Crippen LogP contribution in [0.3, 0.4) is 0 Å². The van der Waals surface area contributed by atoms with Gasteiger partial charge in [-0.15, -0.1) is 0 Å². The highest BCUT2D eigenvalue weighted by Crippen LogP contribution is 2.19. The molecule has 0 fully saturated rings. The second-order valence-corrected chi connectivity index (χ2v) is 3.94. The van der Waals surface area contributed by atoms with Crippen LogP contribution < -0.4 is 11.1 Å². The highest BCUT2D eigenvalue weighted by Gasteiger charge is 2.15. The molecule has 0 unspecified atom stereocenters. The Bertz CT molecular complexity index is 688. The van der Waals surface area contributed by atoms with Gasteiger partial charge < -0.3 is 11.1 Å². The van der Waals surface area contributed by atoms with Crippen LogP contribution in [-0.2, 0) is 0 Å². The summed E-state index contributed by atoms with van der Waals surface area (Å²) in [5, 5.41) is 2.15. The second kappa shape index (κ2) is 5.20. The van der Waals surface area contributed by atoms with Crippen LogP contribution >= 0.6 is 0 Å². The van der Waals surface area contributed by atoms with E-state index in [1.54, 1.807) is 0 Å². The number of halogens is 4. The number of anilines is 2. The van der Waals surface area contributed by atoms with Gasteiger partial charge in [0.05, 0.1) is 11.3 Å². The molecule has 0 bridgehead atoms. The zero-order valence-corrected chi connectivity index (χ0v) is 9.88. The maximum absolute atomic E-state index is 13.4. The molecule has 0 aliphatic carbocycles. The molecule has 0 aliphatic heterocycles. The van der Waals surface area contributed by atoms with Crippen molar-refractivity contribution in [2.75, 3.05) is 11.1 Å². The number of hydrogen-bond donors (Lipinski definition) is 2. The molecule has 0 aromatic heterocycles. The Morgan fingerprint density at radius 2 is 1.60 bits per heavy atom. The number of carbonyl (C=O) groups is 1. The third-order valence-corrected chi connectivity index (χ3v) is 2.51. The van der Waals surface area contributed by atoms with Gasteiger partial charge >= 0.3 is 0 Å². The van der Waals surface area contributed by atoms with Gasteiger partial charge in [0, 0.05) is 17.8 Å². The van der Waals surface area contributed by atoms with Crippen LogP contribution in [0.15, 0.2) is 30.3 Å². The van der Waals surface area contributed by atoms with Gasteiger partial charge in [-0.3, -0.25) is 4.79 Å². The molecule has 2 aromatic rings. The summed E-state index contributed by atoms with van der Waals surface area (Å²) < 4.78 is 52.1. The lowest BCUT2D eigenvalue weighted by molar-refractivity contribution is 0.102. The van der Waals surface area contributed by atoms with Gasteiger partial charge in [-0.05, 0) is 18.2 Å². The fourth-order valence-electron chi connectivity index (χ4n) is 1.51. The smallest absolute Gasteiger partial charge is 0.258 e. The lowest BCUT2D eigenvalue weighted by atomic mass is 10.1. The summed E-state index contributed by atoms with van der Waals surface area (Å²) in [5.74, 6) is -5.31. The predicted molar refractivity (Wildman–Crippen MR) is 65.1 cm³/mol. The van der Waals surface area contributed by atoms with Crippen molar-refractivity contribution >= 4 is 17.3 Å². The number of rotatable bonds is 2. The first kappa shape index (κ1) is 13.9. The lowest BCUT2D eigenvalue weighted by Gasteiger charge is -2.07. The minimum absolute atomic E-state index is 0.0730. The summed E-state index contributed by atoms with van der Waals surface area (Å²) in [4.78, 5) is 11.7. The molecule has 2 aromatic carbocycles. The number of benzene rings is 2. The number of nitrogen functional groups attached to an aromatic ring is 1. The molecule has 0 radical (unpaired) electrons. The molecule has 20 heavy (non-hydrogen) atoms. The van der Waals surface area contributed by atoms with Crippen LogP contribution in [0.2, 0.25) is 0 Å². The van der Waals surface area contributed by atoms with Gasteiger partial charge in [0.2, 0.25) is 0 Å². The zero-order chi connectivity index (χ0) is 14.9. The quantitative estimate of drug-likeness (QED) is 0.657. The van der Waals surface area contributed by atoms with Gasteiger partial charge in [-0.2, -0.15) is 0 Å². The van der Waals surface area contributed by atoms with Crippen molar-refractivity contribution in [3.63, 3.8) is 0 Å². The Hall–Kier alpha value is -2.57. The van der Waals surface area contributed by atoms with Gasteiger partial charge in [-0.1, -0.05) is 0 Å². The van der Waals surface area contributed by atoms with E-state index in [2.05, 4.69) is 5.32 Å². The summed E-state index contributed by atoms with van der Waals surface area (Å²) >= 11 is 0. The van der Waals surface area contributed by atoms with Gasteiger partial charge in [-0.25, -0.2) is 17.6 Å². The molecule has 0 spiro atoms. The molecule has 0 aliphatic rings. The highest BCUT2D eigenvalue weighted by atomic mass is 19.2. The SMILES string of the molecule is Nc1cc(C(=O)Nc2ccc(F)c(F)c2)c(F)cc1F. The third kappa shape index (κ3) is 2.71. The number of amides is 1. The predicted octanol–water partition coefficient (Wildman–Crippen LogP) is 3.08. The normalized spacial score (nSPS) is 10.4. The van der Waals surface area contributed by atoms with Crippen molar-refractivity contribution in [1.82, 2.24) is 0 Å². The topological polar surface area (TPSA) is 55.1 Å². The molecule has 3 N–H and O–H groups in total. The van der Waals surface area contributed by atoms with Crippen molar-refractivity contribution < 1.29 is 22.4 Å². The van der Waals surface area contributed by atoms with E-state index in [0.717, 1.165) is 24.3 Å². The molecular weight excluding hydrogens is 276 g/mol.